The Morgan fingerprint density at radius 1 is 1.11 bits per heavy atom. The van der Waals surface area contributed by atoms with E-state index in [9.17, 15) is 14.4 Å². The molecule has 0 aliphatic carbocycles. The Hall–Kier alpha value is -1.89. The summed E-state index contributed by atoms with van der Waals surface area (Å²) in [7, 11) is 0. The monoisotopic (exact) mass is 278 g/mol. The highest BCUT2D eigenvalue weighted by molar-refractivity contribution is 5.71. The van der Waals surface area contributed by atoms with Gasteiger partial charge in [0, 0.05) is 12.8 Å². The van der Waals surface area contributed by atoms with Gasteiger partial charge in [-0.15, -0.1) is 6.58 Å². The summed E-state index contributed by atoms with van der Waals surface area (Å²) in [6, 6.07) is 0. The van der Waals surface area contributed by atoms with E-state index in [1.807, 2.05) is 0 Å². The summed E-state index contributed by atoms with van der Waals surface area (Å²) in [6.07, 6.45) is 1.67. The van der Waals surface area contributed by atoms with E-state index in [0.29, 0.717) is 6.42 Å². The molecule has 0 aromatic heterocycles. The zero-order valence-corrected chi connectivity index (χ0v) is 11.2. The van der Waals surface area contributed by atoms with E-state index < -0.39 is 24.0 Å². The molecule has 0 rings (SSSR count). The van der Waals surface area contributed by atoms with Crippen molar-refractivity contribution in [1.29, 1.82) is 0 Å². The van der Waals surface area contributed by atoms with Gasteiger partial charge in [0.2, 0.25) is 0 Å². The molecule has 0 bridgehead atoms. The van der Waals surface area contributed by atoms with Crippen LogP contribution in [0, 0.1) is 0 Å². The second kappa shape index (κ2) is 16.1. The average molecular weight is 278 g/mol. The maximum Gasteiger partial charge on any atom is 0.332 e. The Morgan fingerprint density at radius 2 is 1.53 bits per heavy atom. The van der Waals surface area contributed by atoms with Crippen LogP contribution in [0.25, 0.3) is 0 Å². The molecule has 0 aromatic rings. The molecular weight excluding hydrogens is 256 g/mol. The number of carboxylic acid groups (broad SMARTS) is 3. The number of rotatable bonds is 6. The maximum atomic E-state index is 9.71. The van der Waals surface area contributed by atoms with E-state index in [4.69, 9.17) is 20.4 Å². The van der Waals surface area contributed by atoms with Crippen molar-refractivity contribution < 1.29 is 34.8 Å². The van der Waals surface area contributed by atoms with Gasteiger partial charge in [-0.1, -0.05) is 19.9 Å². The number of carboxylic acids is 3. The van der Waals surface area contributed by atoms with Crippen molar-refractivity contribution in [2.45, 2.75) is 45.6 Å². The quantitative estimate of drug-likeness (QED) is 0.539. The van der Waals surface area contributed by atoms with E-state index >= 15 is 0 Å². The number of aliphatic hydroxyl groups is 1. The van der Waals surface area contributed by atoms with Crippen LogP contribution in [0.5, 0.6) is 0 Å². The molecule has 0 saturated carbocycles. The van der Waals surface area contributed by atoms with Gasteiger partial charge < -0.3 is 20.4 Å². The van der Waals surface area contributed by atoms with Crippen LogP contribution in [0.2, 0.25) is 0 Å². The molecule has 0 heterocycles. The minimum absolute atomic E-state index is 0.198. The first-order valence-electron chi connectivity index (χ1n) is 5.68. The highest BCUT2D eigenvalue weighted by Crippen LogP contribution is 1.86. The zero-order valence-electron chi connectivity index (χ0n) is 11.2. The Balaban J connectivity index is -0.000000206. The predicted octanol–water partition coefficient (Wildman–Crippen LogP) is 1.36. The van der Waals surface area contributed by atoms with Crippen molar-refractivity contribution in [3.8, 4) is 0 Å². The average Bonchev–Trinajstić information content (AvgIpc) is 2.36. The van der Waals surface area contributed by atoms with Gasteiger partial charge in [0.15, 0.2) is 6.10 Å². The lowest BCUT2D eigenvalue weighted by molar-refractivity contribution is -0.146. The number of carbonyl (C=O) groups is 3. The Morgan fingerprint density at radius 3 is 1.58 bits per heavy atom. The minimum Gasteiger partial charge on any atom is -0.481 e. The Labute approximate surface area is 112 Å². The topological polar surface area (TPSA) is 132 Å². The standard InChI is InChI=1S/C5H8O2.C4H8O3.C3H6O2/c1-2-3-4-5(6)7;1-2-3(5)4(6)7;1-2-3(4)5/h2H,1,3-4H2,(H,6,7);3,5H,2H2,1H3,(H,6,7);2H2,1H3,(H,4,5). The third-order valence-corrected chi connectivity index (χ3v) is 1.54. The number of hydrogen-bond acceptors (Lipinski definition) is 4. The number of hydrogen-bond donors (Lipinski definition) is 4. The van der Waals surface area contributed by atoms with E-state index in [0.717, 1.165) is 0 Å². The van der Waals surface area contributed by atoms with E-state index in [2.05, 4.69) is 6.58 Å². The lowest BCUT2D eigenvalue weighted by Crippen LogP contribution is -2.17. The van der Waals surface area contributed by atoms with Gasteiger partial charge in [0.05, 0.1) is 0 Å². The fraction of sp³-hybridized carbons (Fsp3) is 0.583. The maximum absolute atomic E-state index is 9.71. The van der Waals surface area contributed by atoms with Crippen molar-refractivity contribution in [3.63, 3.8) is 0 Å². The fourth-order valence-electron chi connectivity index (χ4n) is 0.400. The van der Waals surface area contributed by atoms with Gasteiger partial charge >= 0.3 is 17.9 Å². The van der Waals surface area contributed by atoms with Gasteiger partial charge in [0.1, 0.15) is 0 Å². The van der Waals surface area contributed by atoms with Crippen LogP contribution >= 0.6 is 0 Å². The Kier molecular flexibility index (Phi) is 18.9. The van der Waals surface area contributed by atoms with Crippen molar-refractivity contribution in [2.24, 2.45) is 0 Å². The zero-order chi connectivity index (χ0) is 15.8. The summed E-state index contributed by atoms with van der Waals surface area (Å²) in [4.78, 5) is 28.8. The number of allylic oxidation sites excluding steroid dienone is 1. The number of aliphatic carboxylic acids is 3. The molecule has 0 aliphatic rings. The summed E-state index contributed by atoms with van der Waals surface area (Å²) in [5, 5.41) is 32.0. The molecule has 0 aliphatic heterocycles. The first-order valence-corrected chi connectivity index (χ1v) is 5.68. The smallest absolute Gasteiger partial charge is 0.332 e. The largest absolute Gasteiger partial charge is 0.481 e. The number of aliphatic hydroxyl groups excluding tert-OH is 1. The highest BCUT2D eigenvalue weighted by Gasteiger charge is 2.07. The summed E-state index contributed by atoms with van der Waals surface area (Å²) < 4.78 is 0. The summed E-state index contributed by atoms with van der Waals surface area (Å²) in [5.41, 5.74) is 0. The molecule has 0 fully saturated rings. The first kappa shape index (κ1) is 22.3. The molecule has 0 spiro atoms. The summed E-state index contributed by atoms with van der Waals surface area (Å²) in [6.45, 7) is 6.58. The fourth-order valence-corrected chi connectivity index (χ4v) is 0.400. The molecule has 112 valence electrons. The third kappa shape index (κ3) is 31.4. The first-order chi connectivity index (χ1) is 8.72. The normalized spacial score (nSPS) is 9.84. The van der Waals surface area contributed by atoms with Gasteiger partial charge in [-0.25, -0.2) is 4.79 Å². The molecule has 1 atom stereocenters. The van der Waals surface area contributed by atoms with Crippen molar-refractivity contribution in [2.75, 3.05) is 0 Å². The lowest BCUT2D eigenvalue weighted by Gasteiger charge is -1.95. The van der Waals surface area contributed by atoms with E-state index in [1.165, 1.54) is 0 Å². The molecule has 4 N–H and O–H groups in total. The summed E-state index contributed by atoms with van der Waals surface area (Å²) in [5.74, 6) is -2.66. The van der Waals surface area contributed by atoms with Crippen molar-refractivity contribution in [3.05, 3.63) is 12.7 Å². The third-order valence-electron chi connectivity index (χ3n) is 1.54. The minimum atomic E-state index is -1.18. The second-order valence-electron chi connectivity index (χ2n) is 3.23. The van der Waals surface area contributed by atoms with Crippen LogP contribution in [-0.4, -0.2) is 44.4 Å². The SMILES string of the molecule is C=CCCC(=O)O.CCC(=O)O.CCC(O)C(=O)O. The van der Waals surface area contributed by atoms with Crippen molar-refractivity contribution in [1.82, 2.24) is 0 Å². The molecule has 0 aromatic carbocycles. The molecule has 1 unspecified atom stereocenters. The van der Waals surface area contributed by atoms with Crippen LogP contribution in [0.1, 0.15) is 39.5 Å². The van der Waals surface area contributed by atoms with Crippen LogP contribution in [0.4, 0.5) is 0 Å². The molecule has 0 radical (unpaired) electrons. The van der Waals surface area contributed by atoms with Gasteiger partial charge in [0.25, 0.3) is 0 Å². The molecule has 7 nitrogen and oxygen atoms in total. The summed E-state index contributed by atoms with van der Waals surface area (Å²) >= 11 is 0. The van der Waals surface area contributed by atoms with Crippen LogP contribution < -0.4 is 0 Å². The van der Waals surface area contributed by atoms with Crippen LogP contribution in [0.15, 0.2) is 12.7 Å². The predicted molar refractivity (Wildman–Crippen MR) is 68.9 cm³/mol. The Bertz CT molecular complexity index is 273. The van der Waals surface area contributed by atoms with Gasteiger partial charge in [-0.3, -0.25) is 9.59 Å². The van der Waals surface area contributed by atoms with Gasteiger partial charge in [-0.05, 0) is 12.8 Å². The highest BCUT2D eigenvalue weighted by atomic mass is 16.4. The molecule has 0 amide bonds. The molecule has 19 heavy (non-hydrogen) atoms. The van der Waals surface area contributed by atoms with Gasteiger partial charge in [-0.2, -0.15) is 0 Å². The second-order valence-corrected chi connectivity index (χ2v) is 3.23. The molecule has 7 heteroatoms. The molecule has 0 saturated heterocycles. The van der Waals surface area contributed by atoms with E-state index in [1.54, 1.807) is 19.9 Å². The van der Waals surface area contributed by atoms with Crippen LogP contribution in [0.3, 0.4) is 0 Å². The van der Waals surface area contributed by atoms with Crippen molar-refractivity contribution >= 4 is 17.9 Å². The lowest BCUT2D eigenvalue weighted by atomic mass is 10.3. The van der Waals surface area contributed by atoms with E-state index in [-0.39, 0.29) is 19.3 Å². The molecular formula is C12H22O7. The van der Waals surface area contributed by atoms with Crippen LogP contribution in [-0.2, 0) is 14.4 Å².